The Kier molecular flexibility index (Phi) is 5.57. The average molecular weight is 250 g/mol. The highest BCUT2D eigenvalue weighted by atomic mass is 16.6. The van der Waals surface area contributed by atoms with E-state index in [9.17, 15) is 14.4 Å². The maximum atomic E-state index is 11.5. The molecule has 0 heterocycles. The molecule has 0 aliphatic heterocycles. The number of esters is 3. The third-order valence-corrected chi connectivity index (χ3v) is 2.07. The summed E-state index contributed by atoms with van der Waals surface area (Å²) in [6.07, 6.45) is -0.000142. The van der Waals surface area contributed by atoms with E-state index in [1.165, 1.54) is 0 Å². The van der Waals surface area contributed by atoms with Crippen LogP contribution in [0.3, 0.4) is 0 Å². The molecule has 0 atom stereocenters. The molecule has 0 bridgehead atoms. The molecule has 0 aliphatic rings. The van der Waals surface area contributed by atoms with Gasteiger partial charge in [0.1, 0.15) is 6.61 Å². The lowest BCUT2D eigenvalue weighted by Gasteiger charge is -2.04. The number of ether oxygens (including phenoxy) is 2. The summed E-state index contributed by atoms with van der Waals surface area (Å²) in [6, 6.07) is 8.43. The average Bonchev–Trinajstić information content (AvgIpc) is 2.39. The first-order valence-electron chi connectivity index (χ1n) is 5.59. The Labute approximate surface area is 105 Å². The first kappa shape index (κ1) is 13.9. The van der Waals surface area contributed by atoms with Crippen LogP contribution in [0.4, 0.5) is 0 Å². The highest BCUT2D eigenvalue weighted by molar-refractivity contribution is 5.89. The summed E-state index contributed by atoms with van der Waals surface area (Å²) in [4.78, 5) is 33.3. The summed E-state index contributed by atoms with van der Waals surface area (Å²) >= 11 is 0. The van der Waals surface area contributed by atoms with Gasteiger partial charge in [-0.1, -0.05) is 25.1 Å². The maximum absolute atomic E-state index is 11.5. The van der Waals surface area contributed by atoms with Crippen molar-refractivity contribution < 1.29 is 23.9 Å². The van der Waals surface area contributed by atoms with Gasteiger partial charge in [0.15, 0.2) is 0 Å². The van der Waals surface area contributed by atoms with E-state index in [0.717, 1.165) is 0 Å². The van der Waals surface area contributed by atoms with Gasteiger partial charge in [0, 0.05) is 6.42 Å². The predicted octanol–water partition coefficient (Wildman–Crippen LogP) is 1.71. The van der Waals surface area contributed by atoms with Gasteiger partial charge in [0.05, 0.1) is 12.0 Å². The van der Waals surface area contributed by atoms with Crippen LogP contribution in [0, 0.1) is 0 Å². The first-order chi connectivity index (χ1) is 8.63. The van der Waals surface area contributed by atoms with Crippen LogP contribution in [0.15, 0.2) is 30.3 Å². The summed E-state index contributed by atoms with van der Waals surface area (Å²) in [7, 11) is 0. The summed E-state index contributed by atoms with van der Waals surface area (Å²) < 4.78 is 9.28. The molecular weight excluding hydrogens is 236 g/mol. The molecule has 1 aromatic carbocycles. The maximum Gasteiger partial charge on any atom is 0.338 e. The standard InChI is InChI=1S/C13H14O5/c1-2-11(14)18-12(15)8-9-17-13(16)10-6-4-3-5-7-10/h3-7H,2,8-9H2,1H3. The fourth-order valence-corrected chi connectivity index (χ4v) is 1.13. The van der Waals surface area contributed by atoms with E-state index in [2.05, 4.69) is 4.74 Å². The normalized spacial score (nSPS) is 9.61. The summed E-state index contributed by atoms with van der Waals surface area (Å²) in [5, 5.41) is 0. The second-order valence-corrected chi connectivity index (χ2v) is 3.45. The van der Waals surface area contributed by atoms with Crippen LogP contribution in [0.1, 0.15) is 30.1 Å². The molecule has 0 amide bonds. The third kappa shape index (κ3) is 4.78. The quantitative estimate of drug-likeness (QED) is 0.587. The van der Waals surface area contributed by atoms with Gasteiger partial charge in [-0.05, 0) is 12.1 Å². The number of benzene rings is 1. The number of carbonyl (C=O) groups is 3. The van der Waals surface area contributed by atoms with E-state index in [4.69, 9.17) is 4.74 Å². The van der Waals surface area contributed by atoms with Gasteiger partial charge in [-0.3, -0.25) is 9.59 Å². The van der Waals surface area contributed by atoms with Crippen molar-refractivity contribution in [3.8, 4) is 0 Å². The van der Waals surface area contributed by atoms with Crippen molar-refractivity contribution in [3.05, 3.63) is 35.9 Å². The molecule has 0 spiro atoms. The summed E-state index contributed by atoms with van der Waals surface area (Å²) in [5.74, 6) is -1.79. The van der Waals surface area contributed by atoms with Gasteiger partial charge in [-0.15, -0.1) is 0 Å². The van der Waals surface area contributed by atoms with E-state index in [-0.39, 0.29) is 19.4 Å². The highest BCUT2D eigenvalue weighted by Crippen LogP contribution is 2.01. The molecule has 0 saturated heterocycles. The minimum atomic E-state index is -0.692. The van der Waals surface area contributed by atoms with E-state index in [0.29, 0.717) is 5.56 Å². The topological polar surface area (TPSA) is 69.7 Å². The molecular formula is C13H14O5. The van der Waals surface area contributed by atoms with Crippen LogP contribution in [0.5, 0.6) is 0 Å². The van der Waals surface area contributed by atoms with E-state index >= 15 is 0 Å². The van der Waals surface area contributed by atoms with Crippen molar-refractivity contribution in [3.63, 3.8) is 0 Å². The van der Waals surface area contributed by atoms with Crippen molar-refractivity contribution in [2.75, 3.05) is 6.61 Å². The SMILES string of the molecule is CCC(=O)OC(=O)CCOC(=O)c1ccccc1. The molecule has 5 heteroatoms. The van der Waals surface area contributed by atoms with Crippen LogP contribution in [0.2, 0.25) is 0 Å². The van der Waals surface area contributed by atoms with Crippen molar-refractivity contribution in [2.45, 2.75) is 19.8 Å². The fourth-order valence-electron chi connectivity index (χ4n) is 1.13. The summed E-state index contributed by atoms with van der Waals surface area (Å²) in [6.45, 7) is 1.48. The first-order valence-corrected chi connectivity index (χ1v) is 5.59. The van der Waals surface area contributed by atoms with E-state index < -0.39 is 17.9 Å². The van der Waals surface area contributed by atoms with Crippen molar-refractivity contribution in [1.29, 1.82) is 0 Å². The molecule has 5 nitrogen and oxygen atoms in total. The molecule has 0 unspecified atom stereocenters. The number of hydrogen-bond acceptors (Lipinski definition) is 5. The zero-order chi connectivity index (χ0) is 13.4. The van der Waals surface area contributed by atoms with Gasteiger partial charge in [0.2, 0.25) is 0 Å². The fraction of sp³-hybridized carbons (Fsp3) is 0.308. The molecule has 0 saturated carbocycles. The number of rotatable bonds is 5. The molecule has 0 fully saturated rings. The Balaban J connectivity index is 2.28. The predicted molar refractivity (Wildman–Crippen MR) is 62.7 cm³/mol. The largest absolute Gasteiger partial charge is 0.461 e. The minimum absolute atomic E-state index is 0.108. The molecule has 1 aromatic rings. The smallest absolute Gasteiger partial charge is 0.338 e. The zero-order valence-electron chi connectivity index (χ0n) is 10.0. The zero-order valence-corrected chi connectivity index (χ0v) is 10.0. The van der Waals surface area contributed by atoms with Crippen LogP contribution >= 0.6 is 0 Å². The van der Waals surface area contributed by atoms with Crippen LogP contribution in [0.25, 0.3) is 0 Å². The van der Waals surface area contributed by atoms with E-state index in [1.54, 1.807) is 37.3 Å². The number of hydrogen-bond donors (Lipinski definition) is 0. The Bertz CT molecular complexity index is 424. The van der Waals surface area contributed by atoms with Crippen LogP contribution in [-0.4, -0.2) is 24.5 Å². The van der Waals surface area contributed by atoms with Gasteiger partial charge in [-0.25, -0.2) is 4.79 Å². The van der Waals surface area contributed by atoms with Gasteiger partial charge >= 0.3 is 17.9 Å². The second-order valence-electron chi connectivity index (χ2n) is 3.45. The van der Waals surface area contributed by atoms with Crippen molar-refractivity contribution in [2.24, 2.45) is 0 Å². The molecule has 0 radical (unpaired) electrons. The van der Waals surface area contributed by atoms with Gasteiger partial charge in [0.25, 0.3) is 0 Å². The van der Waals surface area contributed by atoms with Gasteiger partial charge < -0.3 is 9.47 Å². The second kappa shape index (κ2) is 7.21. The van der Waals surface area contributed by atoms with Crippen LogP contribution < -0.4 is 0 Å². The summed E-state index contributed by atoms with van der Waals surface area (Å²) in [5.41, 5.74) is 0.413. The lowest BCUT2D eigenvalue weighted by Crippen LogP contribution is -2.15. The lowest BCUT2D eigenvalue weighted by molar-refractivity contribution is -0.159. The Hall–Kier alpha value is -2.17. The highest BCUT2D eigenvalue weighted by Gasteiger charge is 2.11. The number of carbonyl (C=O) groups excluding carboxylic acids is 3. The molecule has 18 heavy (non-hydrogen) atoms. The molecule has 0 N–H and O–H groups in total. The molecule has 0 aliphatic carbocycles. The van der Waals surface area contributed by atoms with Gasteiger partial charge in [-0.2, -0.15) is 0 Å². The molecule has 96 valence electrons. The third-order valence-electron chi connectivity index (χ3n) is 2.07. The van der Waals surface area contributed by atoms with Crippen molar-refractivity contribution >= 4 is 17.9 Å². The Morgan fingerprint density at radius 3 is 2.33 bits per heavy atom. The monoisotopic (exact) mass is 250 g/mol. The Morgan fingerprint density at radius 2 is 1.72 bits per heavy atom. The van der Waals surface area contributed by atoms with Crippen molar-refractivity contribution in [1.82, 2.24) is 0 Å². The van der Waals surface area contributed by atoms with Crippen LogP contribution in [-0.2, 0) is 19.1 Å². The molecule has 0 aromatic heterocycles. The Morgan fingerprint density at radius 1 is 1.06 bits per heavy atom. The lowest BCUT2D eigenvalue weighted by atomic mass is 10.2. The minimum Gasteiger partial charge on any atom is -0.461 e. The molecule has 1 rings (SSSR count). The van der Waals surface area contributed by atoms with E-state index in [1.807, 2.05) is 0 Å².